The molecule has 0 atom stereocenters. The van der Waals surface area contributed by atoms with Crippen LogP contribution in [0.3, 0.4) is 0 Å². The highest BCUT2D eigenvalue weighted by atomic mass is 19.4. The average molecular weight is 446 g/mol. The number of anilines is 1. The standard InChI is InChI=1S/C22H21F3N4O3/c1-3-8-29-18-17(20(31)28-21(29)32)14(10-16(27-18)12-5-6-12)19(30)26-13-7-4-11(2)15(9-13)22(23,24)25/h4,7,9-10,12H,3,5-6,8H2,1-2H3,(H,26,30)(H,28,31,32). The van der Waals surface area contributed by atoms with Gasteiger partial charge < -0.3 is 5.32 Å². The molecule has 2 heterocycles. The van der Waals surface area contributed by atoms with Crippen LogP contribution >= 0.6 is 0 Å². The molecule has 0 aliphatic heterocycles. The summed E-state index contributed by atoms with van der Waals surface area (Å²) in [4.78, 5) is 44.8. The predicted octanol–water partition coefficient (Wildman–Crippen LogP) is 3.95. The van der Waals surface area contributed by atoms with Crippen LogP contribution in [0.1, 0.15) is 59.3 Å². The number of halogens is 3. The summed E-state index contributed by atoms with van der Waals surface area (Å²) in [7, 11) is 0. The molecule has 2 N–H and O–H groups in total. The van der Waals surface area contributed by atoms with Gasteiger partial charge >= 0.3 is 11.9 Å². The molecule has 0 radical (unpaired) electrons. The maximum absolute atomic E-state index is 13.3. The highest BCUT2D eigenvalue weighted by Gasteiger charge is 2.33. The second-order valence-electron chi connectivity index (χ2n) is 7.96. The van der Waals surface area contributed by atoms with Gasteiger partial charge in [0.15, 0.2) is 5.65 Å². The van der Waals surface area contributed by atoms with Crippen molar-refractivity contribution in [1.82, 2.24) is 14.5 Å². The van der Waals surface area contributed by atoms with Crippen molar-refractivity contribution in [2.75, 3.05) is 5.32 Å². The molecule has 1 aliphatic rings. The number of alkyl halides is 3. The van der Waals surface area contributed by atoms with Crippen LogP contribution < -0.4 is 16.6 Å². The maximum Gasteiger partial charge on any atom is 0.416 e. The van der Waals surface area contributed by atoms with Crippen molar-refractivity contribution < 1.29 is 18.0 Å². The second-order valence-corrected chi connectivity index (χ2v) is 7.96. The Morgan fingerprint density at radius 3 is 2.59 bits per heavy atom. The molecule has 3 aromatic rings. The Bertz CT molecular complexity index is 1340. The van der Waals surface area contributed by atoms with Crippen molar-refractivity contribution in [1.29, 1.82) is 0 Å². The molecular weight excluding hydrogens is 425 g/mol. The molecule has 10 heteroatoms. The smallest absolute Gasteiger partial charge is 0.322 e. The highest BCUT2D eigenvalue weighted by molar-refractivity contribution is 6.11. The van der Waals surface area contributed by atoms with Crippen LogP contribution in [0.5, 0.6) is 0 Å². The van der Waals surface area contributed by atoms with E-state index in [2.05, 4.69) is 15.3 Å². The van der Waals surface area contributed by atoms with Crippen LogP contribution in [0.15, 0.2) is 33.9 Å². The van der Waals surface area contributed by atoms with E-state index >= 15 is 0 Å². The lowest BCUT2D eigenvalue weighted by atomic mass is 10.1. The Balaban J connectivity index is 1.85. The quantitative estimate of drug-likeness (QED) is 0.620. The van der Waals surface area contributed by atoms with E-state index in [-0.39, 0.29) is 33.8 Å². The molecule has 1 fully saturated rings. The summed E-state index contributed by atoms with van der Waals surface area (Å²) < 4.78 is 41.1. The number of fused-ring (bicyclic) bond motifs is 1. The van der Waals surface area contributed by atoms with Crippen LogP contribution in [-0.2, 0) is 12.7 Å². The van der Waals surface area contributed by atoms with Crippen LogP contribution in [0.2, 0.25) is 0 Å². The molecular formula is C22H21F3N4O3. The lowest BCUT2D eigenvalue weighted by Gasteiger charge is -2.15. The third-order valence-corrected chi connectivity index (χ3v) is 5.46. The number of nitrogens with one attached hydrogen (secondary N) is 2. The summed E-state index contributed by atoms with van der Waals surface area (Å²) in [6.07, 6.45) is -2.23. The van der Waals surface area contributed by atoms with E-state index in [4.69, 9.17) is 0 Å². The van der Waals surface area contributed by atoms with Gasteiger partial charge in [0.25, 0.3) is 11.5 Å². The average Bonchev–Trinajstić information content (AvgIpc) is 3.56. The van der Waals surface area contributed by atoms with E-state index in [1.54, 1.807) is 0 Å². The largest absolute Gasteiger partial charge is 0.416 e. The Hall–Kier alpha value is -3.43. The lowest BCUT2D eigenvalue weighted by Crippen LogP contribution is -2.32. The van der Waals surface area contributed by atoms with E-state index in [9.17, 15) is 27.6 Å². The first-order valence-electron chi connectivity index (χ1n) is 10.3. The lowest BCUT2D eigenvalue weighted by molar-refractivity contribution is -0.138. The maximum atomic E-state index is 13.3. The highest BCUT2D eigenvalue weighted by Crippen LogP contribution is 2.40. The molecule has 0 spiro atoms. The summed E-state index contributed by atoms with van der Waals surface area (Å²) in [5, 5.41) is 2.40. The molecule has 1 aromatic carbocycles. The number of aryl methyl sites for hydroxylation is 2. The molecule has 1 aliphatic carbocycles. The fourth-order valence-corrected chi connectivity index (χ4v) is 3.70. The molecule has 1 amide bonds. The van der Waals surface area contributed by atoms with E-state index in [0.29, 0.717) is 18.7 Å². The zero-order valence-corrected chi connectivity index (χ0v) is 17.5. The molecule has 2 aromatic heterocycles. The summed E-state index contributed by atoms with van der Waals surface area (Å²) in [6.45, 7) is 3.48. The number of hydrogen-bond acceptors (Lipinski definition) is 4. The summed E-state index contributed by atoms with van der Waals surface area (Å²) in [6, 6.07) is 4.98. The molecule has 168 valence electrons. The minimum atomic E-state index is -4.57. The Labute approximate surface area is 180 Å². The molecule has 4 rings (SSSR count). The van der Waals surface area contributed by atoms with Crippen LogP contribution in [-0.4, -0.2) is 20.4 Å². The number of pyridine rings is 1. The molecule has 7 nitrogen and oxygen atoms in total. The minimum absolute atomic E-state index is 0.0286. The molecule has 0 unspecified atom stereocenters. The number of H-pyrrole nitrogens is 1. The van der Waals surface area contributed by atoms with E-state index < -0.39 is 28.9 Å². The third kappa shape index (κ3) is 4.04. The van der Waals surface area contributed by atoms with Crippen molar-refractivity contribution in [3.05, 3.63) is 67.5 Å². The van der Waals surface area contributed by atoms with Gasteiger partial charge in [-0.3, -0.25) is 19.1 Å². The van der Waals surface area contributed by atoms with Gasteiger partial charge in [-0.05, 0) is 49.9 Å². The van der Waals surface area contributed by atoms with Gasteiger partial charge in [-0.2, -0.15) is 13.2 Å². The number of rotatable bonds is 5. The van der Waals surface area contributed by atoms with Gasteiger partial charge in [0.1, 0.15) is 0 Å². The zero-order chi connectivity index (χ0) is 23.2. The number of aromatic amines is 1. The van der Waals surface area contributed by atoms with Crippen molar-refractivity contribution in [2.24, 2.45) is 0 Å². The monoisotopic (exact) mass is 446 g/mol. The Kier molecular flexibility index (Phi) is 5.39. The first-order chi connectivity index (χ1) is 15.1. The fraction of sp³-hybridized carbons (Fsp3) is 0.364. The van der Waals surface area contributed by atoms with Crippen LogP contribution in [0, 0.1) is 6.92 Å². The van der Waals surface area contributed by atoms with Crippen molar-refractivity contribution in [2.45, 2.75) is 51.7 Å². The Morgan fingerprint density at radius 2 is 1.97 bits per heavy atom. The molecule has 32 heavy (non-hydrogen) atoms. The number of benzene rings is 1. The number of nitrogens with zero attached hydrogens (tertiary/aromatic N) is 2. The van der Waals surface area contributed by atoms with Gasteiger partial charge in [0, 0.05) is 23.8 Å². The topological polar surface area (TPSA) is 96.9 Å². The normalized spacial score (nSPS) is 14.0. The summed E-state index contributed by atoms with van der Waals surface area (Å²) in [5.74, 6) is -0.630. The van der Waals surface area contributed by atoms with Gasteiger partial charge in [-0.25, -0.2) is 9.78 Å². The van der Waals surface area contributed by atoms with E-state index in [1.807, 2.05) is 6.92 Å². The predicted molar refractivity (Wildman–Crippen MR) is 113 cm³/mol. The van der Waals surface area contributed by atoms with E-state index in [1.165, 1.54) is 29.7 Å². The summed E-state index contributed by atoms with van der Waals surface area (Å²) >= 11 is 0. The van der Waals surface area contributed by atoms with Crippen LogP contribution in [0.25, 0.3) is 11.0 Å². The number of carbonyl (C=O) groups is 1. The minimum Gasteiger partial charge on any atom is -0.322 e. The third-order valence-electron chi connectivity index (χ3n) is 5.46. The number of amides is 1. The van der Waals surface area contributed by atoms with Crippen molar-refractivity contribution in [3.8, 4) is 0 Å². The number of hydrogen-bond donors (Lipinski definition) is 2. The number of aromatic nitrogens is 3. The first-order valence-corrected chi connectivity index (χ1v) is 10.3. The summed E-state index contributed by atoms with van der Waals surface area (Å²) in [5.41, 5.74) is -1.61. The zero-order valence-electron chi connectivity index (χ0n) is 17.5. The molecule has 0 bridgehead atoms. The van der Waals surface area contributed by atoms with Crippen molar-refractivity contribution in [3.63, 3.8) is 0 Å². The van der Waals surface area contributed by atoms with E-state index in [0.717, 1.165) is 18.9 Å². The fourth-order valence-electron chi connectivity index (χ4n) is 3.70. The first kappa shape index (κ1) is 21.8. The number of carbonyl (C=O) groups excluding carboxylic acids is 1. The second kappa shape index (κ2) is 7.92. The Morgan fingerprint density at radius 1 is 1.25 bits per heavy atom. The van der Waals surface area contributed by atoms with Gasteiger partial charge in [0.2, 0.25) is 0 Å². The molecule has 1 saturated carbocycles. The van der Waals surface area contributed by atoms with Crippen molar-refractivity contribution >= 4 is 22.6 Å². The van der Waals surface area contributed by atoms with Gasteiger partial charge in [-0.1, -0.05) is 13.0 Å². The van der Waals surface area contributed by atoms with Gasteiger partial charge in [0.05, 0.1) is 16.5 Å². The molecule has 0 saturated heterocycles. The van der Waals surface area contributed by atoms with Crippen LogP contribution in [0.4, 0.5) is 18.9 Å². The SMILES string of the molecule is CCCn1c(=O)[nH]c(=O)c2c(C(=O)Nc3ccc(C)c(C(F)(F)F)c3)cc(C3CC3)nc21. The van der Waals surface area contributed by atoms with Gasteiger partial charge in [-0.15, -0.1) is 0 Å².